The van der Waals surface area contributed by atoms with Crippen molar-refractivity contribution >= 4 is 28.7 Å². The Morgan fingerprint density at radius 2 is 2.25 bits per heavy atom. The van der Waals surface area contributed by atoms with Crippen LogP contribution >= 0.6 is 11.8 Å². The lowest BCUT2D eigenvalue weighted by Crippen LogP contribution is -2.18. The molecule has 0 saturated heterocycles. The fraction of sp³-hybridized carbons (Fsp3) is 0.267. The fourth-order valence-electron chi connectivity index (χ4n) is 1.97. The van der Waals surface area contributed by atoms with Crippen LogP contribution in [0.25, 0.3) is 11.0 Å². The summed E-state index contributed by atoms with van der Waals surface area (Å²) < 4.78 is 5.40. The van der Waals surface area contributed by atoms with Crippen molar-refractivity contribution in [3.63, 3.8) is 0 Å². The largest absolute Gasteiger partial charge is 0.475 e. The Balaban J connectivity index is 2.06. The van der Waals surface area contributed by atoms with Gasteiger partial charge in [0.05, 0.1) is 0 Å². The van der Waals surface area contributed by atoms with Crippen LogP contribution in [0.4, 0.5) is 0 Å². The van der Waals surface area contributed by atoms with Crippen molar-refractivity contribution in [3.05, 3.63) is 48.2 Å². The number of fused-ring (bicyclic) bond motifs is 1. The molecule has 2 rings (SSSR count). The molecular formula is C15H17NO3S. The summed E-state index contributed by atoms with van der Waals surface area (Å²) in [6, 6.07) is 7.38. The van der Waals surface area contributed by atoms with Gasteiger partial charge in [-0.2, -0.15) is 11.8 Å². The summed E-state index contributed by atoms with van der Waals surface area (Å²) in [6.07, 6.45) is 1.87. The number of furan rings is 1. The third-order valence-corrected chi connectivity index (χ3v) is 3.82. The molecule has 0 bridgehead atoms. The summed E-state index contributed by atoms with van der Waals surface area (Å²) in [5.74, 6) is 0.887. The number of benzene rings is 1. The highest BCUT2D eigenvalue weighted by molar-refractivity contribution is 7.99. The van der Waals surface area contributed by atoms with Gasteiger partial charge in [0.15, 0.2) is 0 Å². The molecule has 0 saturated carbocycles. The second-order valence-corrected chi connectivity index (χ2v) is 5.40. The van der Waals surface area contributed by atoms with Crippen LogP contribution < -0.4 is 5.32 Å². The van der Waals surface area contributed by atoms with Crippen LogP contribution in [0.5, 0.6) is 0 Å². The molecule has 0 spiro atoms. The molecule has 0 fully saturated rings. The van der Waals surface area contributed by atoms with Crippen molar-refractivity contribution < 1.29 is 14.3 Å². The van der Waals surface area contributed by atoms with Gasteiger partial charge in [-0.1, -0.05) is 24.3 Å². The van der Waals surface area contributed by atoms with E-state index in [-0.39, 0.29) is 5.76 Å². The molecule has 0 radical (unpaired) electrons. The zero-order valence-corrected chi connectivity index (χ0v) is 11.9. The van der Waals surface area contributed by atoms with Crippen LogP contribution in [-0.4, -0.2) is 29.1 Å². The zero-order valence-electron chi connectivity index (χ0n) is 11.1. The van der Waals surface area contributed by atoms with E-state index in [1.54, 1.807) is 17.8 Å². The molecule has 1 aromatic heterocycles. The predicted molar refractivity (Wildman–Crippen MR) is 82.4 cm³/mol. The molecule has 0 aliphatic rings. The van der Waals surface area contributed by atoms with Gasteiger partial charge in [-0.25, -0.2) is 4.79 Å². The van der Waals surface area contributed by atoms with E-state index in [9.17, 15) is 9.90 Å². The van der Waals surface area contributed by atoms with Crippen molar-refractivity contribution in [2.24, 2.45) is 0 Å². The summed E-state index contributed by atoms with van der Waals surface area (Å²) >= 11 is 1.78. The number of hydrogen-bond donors (Lipinski definition) is 2. The highest BCUT2D eigenvalue weighted by atomic mass is 32.2. The van der Waals surface area contributed by atoms with Crippen molar-refractivity contribution in [1.29, 1.82) is 0 Å². The number of carboxylic acids is 1. The number of hydrogen-bond acceptors (Lipinski definition) is 4. The normalized spacial score (nSPS) is 10.8. The van der Waals surface area contributed by atoms with Gasteiger partial charge >= 0.3 is 5.97 Å². The first-order valence-corrected chi connectivity index (χ1v) is 7.52. The maximum absolute atomic E-state index is 11.2. The number of carbonyl (C=O) groups is 1. The molecule has 1 heterocycles. The molecular weight excluding hydrogens is 274 g/mol. The average molecular weight is 291 g/mol. The first-order chi connectivity index (χ1) is 9.74. The third-order valence-electron chi connectivity index (χ3n) is 2.85. The van der Waals surface area contributed by atoms with Gasteiger partial charge in [-0.05, 0) is 6.07 Å². The highest BCUT2D eigenvalue weighted by Gasteiger charge is 2.18. The highest BCUT2D eigenvalue weighted by Crippen LogP contribution is 2.25. The Morgan fingerprint density at radius 1 is 1.45 bits per heavy atom. The van der Waals surface area contributed by atoms with E-state index in [1.807, 2.05) is 24.3 Å². The number of aromatic carboxylic acids is 1. The van der Waals surface area contributed by atoms with Gasteiger partial charge in [-0.3, -0.25) is 0 Å². The first kappa shape index (κ1) is 14.7. The average Bonchev–Trinajstić information content (AvgIpc) is 2.82. The molecule has 4 nitrogen and oxygen atoms in total. The molecule has 2 aromatic rings. The lowest BCUT2D eigenvalue weighted by Gasteiger charge is -2.03. The van der Waals surface area contributed by atoms with Gasteiger partial charge < -0.3 is 14.8 Å². The molecule has 0 aliphatic carbocycles. The van der Waals surface area contributed by atoms with E-state index in [0.717, 1.165) is 23.4 Å². The van der Waals surface area contributed by atoms with Gasteiger partial charge in [0.1, 0.15) is 5.58 Å². The summed E-state index contributed by atoms with van der Waals surface area (Å²) in [5.41, 5.74) is 1.32. The molecule has 20 heavy (non-hydrogen) atoms. The lowest BCUT2D eigenvalue weighted by atomic mass is 10.1. The molecule has 5 heteroatoms. The second kappa shape index (κ2) is 7.17. The molecule has 1 aromatic carbocycles. The van der Waals surface area contributed by atoms with E-state index in [0.29, 0.717) is 17.7 Å². The minimum Gasteiger partial charge on any atom is -0.475 e. The SMILES string of the molecule is C=CCSCCNCc1c(C(=O)O)oc2ccccc12. The lowest BCUT2D eigenvalue weighted by molar-refractivity contribution is 0.0663. The van der Waals surface area contributed by atoms with Crippen LogP contribution in [0.15, 0.2) is 41.3 Å². The Hall–Kier alpha value is -1.72. The Labute approximate surface area is 121 Å². The smallest absolute Gasteiger partial charge is 0.372 e. The summed E-state index contributed by atoms with van der Waals surface area (Å²) in [5, 5.41) is 13.3. The third kappa shape index (κ3) is 3.43. The Morgan fingerprint density at radius 3 is 3.00 bits per heavy atom. The van der Waals surface area contributed by atoms with Crippen LogP contribution in [0.2, 0.25) is 0 Å². The van der Waals surface area contributed by atoms with Crippen molar-refractivity contribution in [3.8, 4) is 0 Å². The monoisotopic (exact) mass is 291 g/mol. The summed E-state index contributed by atoms with van der Waals surface area (Å²) in [7, 11) is 0. The number of thioether (sulfide) groups is 1. The summed E-state index contributed by atoms with van der Waals surface area (Å²) in [6.45, 7) is 4.98. The van der Waals surface area contributed by atoms with Crippen molar-refractivity contribution in [2.75, 3.05) is 18.1 Å². The number of para-hydroxylation sites is 1. The number of rotatable bonds is 8. The Bertz CT molecular complexity index is 606. The van der Waals surface area contributed by atoms with E-state index in [2.05, 4.69) is 11.9 Å². The van der Waals surface area contributed by atoms with Gasteiger partial charge in [0.2, 0.25) is 5.76 Å². The number of nitrogens with one attached hydrogen (secondary N) is 1. The standard InChI is InChI=1S/C15H17NO3S/c1-2-8-20-9-7-16-10-12-11-5-3-4-6-13(11)19-14(12)15(17)18/h2-6,16H,1,7-10H2,(H,17,18). The van der Waals surface area contributed by atoms with Crippen molar-refractivity contribution in [2.45, 2.75) is 6.54 Å². The van der Waals surface area contributed by atoms with Gasteiger partial charge in [0, 0.05) is 35.5 Å². The molecule has 2 N–H and O–H groups in total. The Kier molecular flexibility index (Phi) is 5.26. The maximum atomic E-state index is 11.2. The van der Waals surface area contributed by atoms with Crippen LogP contribution in [0, 0.1) is 0 Å². The molecule has 0 atom stereocenters. The van der Waals surface area contributed by atoms with Gasteiger partial charge in [-0.15, -0.1) is 6.58 Å². The zero-order chi connectivity index (χ0) is 14.4. The van der Waals surface area contributed by atoms with E-state index >= 15 is 0 Å². The predicted octanol–water partition coefficient (Wildman–Crippen LogP) is 3.14. The van der Waals surface area contributed by atoms with Crippen LogP contribution in [-0.2, 0) is 6.54 Å². The molecule has 0 unspecified atom stereocenters. The quantitative estimate of drug-likeness (QED) is 0.578. The van der Waals surface area contributed by atoms with Crippen LogP contribution in [0.1, 0.15) is 16.1 Å². The fourth-order valence-corrected chi connectivity index (χ4v) is 2.59. The molecule has 106 valence electrons. The minimum atomic E-state index is -1.03. The summed E-state index contributed by atoms with van der Waals surface area (Å²) in [4.78, 5) is 11.2. The maximum Gasteiger partial charge on any atom is 0.372 e. The van der Waals surface area contributed by atoms with E-state index in [4.69, 9.17) is 4.42 Å². The van der Waals surface area contributed by atoms with Gasteiger partial charge in [0.25, 0.3) is 0 Å². The van der Waals surface area contributed by atoms with Crippen LogP contribution in [0.3, 0.4) is 0 Å². The van der Waals surface area contributed by atoms with Crippen molar-refractivity contribution in [1.82, 2.24) is 5.32 Å². The number of carboxylic acid groups (broad SMARTS) is 1. The first-order valence-electron chi connectivity index (χ1n) is 6.37. The van der Waals surface area contributed by atoms with E-state index in [1.165, 1.54) is 0 Å². The molecule has 0 amide bonds. The molecule has 0 aliphatic heterocycles. The second-order valence-electron chi connectivity index (χ2n) is 4.25. The minimum absolute atomic E-state index is 0.0254. The van der Waals surface area contributed by atoms with E-state index < -0.39 is 5.97 Å². The topological polar surface area (TPSA) is 62.5 Å².